The van der Waals surface area contributed by atoms with Crippen LogP contribution in [0.15, 0.2) is 18.2 Å². The van der Waals surface area contributed by atoms with E-state index in [0.717, 1.165) is 11.1 Å². The fraction of sp³-hybridized carbons (Fsp3) is 0.633. The van der Waals surface area contributed by atoms with Gasteiger partial charge in [-0.25, -0.2) is 4.79 Å². The number of primary amides is 1. The maximum Gasteiger partial charge on any atom is 0.408 e. The SMILES string of the molecule is CCOC(=O)CCNC(=O)C(c1cc(C)ccc1C)N(C(=O)C(CCC(N)=O)NC(=O)OC(C)(C)C)C(C)(C)CC. The number of nitrogens with two attached hydrogens (primary N) is 1. The van der Waals surface area contributed by atoms with E-state index in [1.54, 1.807) is 27.7 Å². The second-order valence-corrected chi connectivity index (χ2v) is 11.7. The summed E-state index contributed by atoms with van der Waals surface area (Å²) in [5.41, 5.74) is 5.94. The lowest BCUT2D eigenvalue weighted by Crippen LogP contribution is -2.59. The number of nitrogens with zero attached hydrogens (tertiary/aromatic N) is 1. The first kappa shape index (κ1) is 35.4. The van der Waals surface area contributed by atoms with Crippen molar-refractivity contribution in [1.82, 2.24) is 15.5 Å². The highest BCUT2D eigenvalue weighted by molar-refractivity contribution is 5.93. The highest BCUT2D eigenvalue weighted by Crippen LogP contribution is 2.34. The van der Waals surface area contributed by atoms with Crippen molar-refractivity contribution in [2.45, 2.75) is 111 Å². The normalized spacial score (nSPS) is 13.0. The Labute approximate surface area is 243 Å². The maximum atomic E-state index is 14.4. The Morgan fingerprint density at radius 2 is 1.63 bits per heavy atom. The molecule has 0 heterocycles. The molecule has 1 aromatic carbocycles. The average Bonchev–Trinajstić information content (AvgIpc) is 2.85. The van der Waals surface area contributed by atoms with Gasteiger partial charge in [0.1, 0.15) is 17.7 Å². The van der Waals surface area contributed by atoms with Crippen molar-refractivity contribution in [3.05, 3.63) is 34.9 Å². The summed E-state index contributed by atoms with van der Waals surface area (Å²) < 4.78 is 10.3. The quantitative estimate of drug-likeness (QED) is 0.286. The van der Waals surface area contributed by atoms with Gasteiger partial charge in [0.15, 0.2) is 0 Å². The van der Waals surface area contributed by atoms with E-state index in [1.807, 2.05) is 52.8 Å². The van der Waals surface area contributed by atoms with Crippen LogP contribution in [-0.2, 0) is 28.7 Å². The van der Waals surface area contributed by atoms with E-state index in [1.165, 1.54) is 4.90 Å². The van der Waals surface area contributed by atoms with Crippen LogP contribution in [0.3, 0.4) is 0 Å². The standard InChI is InChI=1S/C30H48N4O7/c1-10-30(8,9)34(27(38)22(14-15-23(31)35)33-28(39)41-29(5,6)7)25(21-18-19(3)12-13-20(21)4)26(37)32-17-16-24(36)40-11-2/h12-13,18,22,25H,10-11,14-17H2,1-9H3,(H2,31,35)(H,32,37)(H,33,39). The second kappa shape index (κ2) is 15.4. The zero-order valence-electron chi connectivity index (χ0n) is 26.0. The van der Waals surface area contributed by atoms with Gasteiger partial charge in [0.25, 0.3) is 0 Å². The summed E-state index contributed by atoms with van der Waals surface area (Å²) in [5, 5.41) is 5.39. The molecule has 4 amide bonds. The van der Waals surface area contributed by atoms with Crippen LogP contribution in [0.2, 0.25) is 0 Å². The van der Waals surface area contributed by atoms with Crippen LogP contribution >= 0.6 is 0 Å². The van der Waals surface area contributed by atoms with Gasteiger partial charge in [-0.2, -0.15) is 0 Å². The molecule has 0 spiro atoms. The number of aryl methyl sites for hydroxylation is 2. The van der Waals surface area contributed by atoms with Crippen LogP contribution in [0, 0.1) is 13.8 Å². The van der Waals surface area contributed by atoms with E-state index >= 15 is 0 Å². The number of alkyl carbamates (subject to hydrolysis) is 1. The summed E-state index contributed by atoms with van der Waals surface area (Å²) in [4.78, 5) is 66.1. The Bertz CT molecular complexity index is 1090. The topological polar surface area (TPSA) is 157 Å². The Morgan fingerprint density at radius 1 is 1.00 bits per heavy atom. The van der Waals surface area contributed by atoms with Gasteiger partial charge in [-0.15, -0.1) is 0 Å². The maximum absolute atomic E-state index is 14.4. The van der Waals surface area contributed by atoms with Crippen molar-refractivity contribution in [2.24, 2.45) is 5.73 Å². The minimum atomic E-state index is -1.21. The Kier molecular flexibility index (Phi) is 13.3. The van der Waals surface area contributed by atoms with Crippen LogP contribution in [0.4, 0.5) is 4.79 Å². The van der Waals surface area contributed by atoms with Gasteiger partial charge >= 0.3 is 12.1 Å². The minimum Gasteiger partial charge on any atom is -0.466 e. The Balaban J connectivity index is 3.67. The van der Waals surface area contributed by atoms with E-state index < -0.39 is 53.0 Å². The summed E-state index contributed by atoms with van der Waals surface area (Å²) >= 11 is 0. The number of nitrogens with one attached hydrogen (secondary N) is 2. The molecule has 2 unspecified atom stereocenters. The predicted octanol–water partition coefficient (Wildman–Crippen LogP) is 3.59. The number of rotatable bonds is 14. The van der Waals surface area contributed by atoms with Crippen molar-refractivity contribution in [3.63, 3.8) is 0 Å². The molecule has 0 radical (unpaired) electrons. The molecule has 0 saturated heterocycles. The van der Waals surface area contributed by atoms with Crippen molar-refractivity contribution in [1.29, 1.82) is 0 Å². The first-order valence-electron chi connectivity index (χ1n) is 14.0. The van der Waals surface area contributed by atoms with Gasteiger partial charge in [0, 0.05) is 18.5 Å². The highest BCUT2D eigenvalue weighted by atomic mass is 16.6. The Hall–Kier alpha value is -3.63. The third-order valence-electron chi connectivity index (χ3n) is 6.59. The smallest absolute Gasteiger partial charge is 0.408 e. The van der Waals surface area contributed by atoms with Gasteiger partial charge in [-0.1, -0.05) is 30.7 Å². The Morgan fingerprint density at radius 3 is 2.17 bits per heavy atom. The van der Waals surface area contributed by atoms with E-state index in [2.05, 4.69) is 10.6 Å². The highest BCUT2D eigenvalue weighted by Gasteiger charge is 2.43. The molecule has 0 aromatic heterocycles. The lowest BCUT2D eigenvalue weighted by Gasteiger charge is -2.45. The number of amides is 4. The molecule has 0 saturated carbocycles. The van der Waals surface area contributed by atoms with Gasteiger partial charge in [0.05, 0.1) is 13.0 Å². The molecule has 1 aromatic rings. The molecular formula is C30H48N4O7. The zero-order valence-corrected chi connectivity index (χ0v) is 26.0. The number of benzene rings is 1. The average molecular weight is 577 g/mol. The van der Waals surface area contributed by atoms with Crippen LogP contribution in [0.1, 0.15) is 96.9 Å². The number of hydrogen-bond acceptors (Lipinski definition) is 7. The van der Waals surface area contributed by atoms with E-state index in [9.17, 15) is 24.0 Å². The van der Waals surface area contributed by atoms with Gasteiger partial charge in [-0.3, -0.25) is 19.2 Å². The fourth-order valence-electron chi connectivity index (χ4n) is 4.18. The van der Waals surface area contributed by atoms with Gasteiger partial charge < -0.3 is 30.7 Å². The molecule has 0 aliphatic carbocycles. The largest absolute Gasteiger partial charge is 0.466 e. The lowest BCUT2D eigenvalue weighted by atomic mass is 9.89. The first-order valence-corrected chi connectivity index (χ1v) is 14.0. The number of carbonyl (C=O) groups is 5. The summed E-state index contributed by atoms with van der Waals surface area (Å²) in [6, 6.07) is 3.30. The predicted molar refractivity (Wildman–Crippen MR) is 156 cm³/mol. The second-order valence-electron chi connectivity index (χ2n) is 11.7. The molecule has 1 rings (SSSR count). The minimum absolute atomic E-state index is 0.00881. The van der Waals surface area contributed by atoms with E-state index in [0.29, 0.717) is 12.0 Å². The van der Waals surface area contributed by atoms with Crippen molar-refractivity contribution >= 4 is 29.8 Å². The van der Waals surface area contributed by atoms with Crippen LogP contribution in [0.5, 0.6) is 0 Å². The number of carbonyl (C=O) groups excluding carboxylic acids is 5. The van der Waals surface area contributed by atoms with Gasteiger partial charge in [0.2, 0.25) is 17.7 Å². The summed E-state index contributed by atoms with van der Waals surface area (Å²) in [6.45, 7) is 16.3. The molecule has 0 aliphatic heterocycles. The first-order chi connectivity index (χ1) is 18.9. The number of hydrogen-bond donors (Lipinski definition) is 3. The molecule has 0 aliphatic rings. The van der Waals surface area contributed by atoms with Crippen LogP contribution < -0.4 is 16.4 Å². The molecule has 4 N–H and O–H groups in total. The summed E-state index contributed by atoms with van der Waals surface area (Å²) in [7, 11) is 0. The summed E-state index contributed by atoms with van der Waals surface area (Å²) in [5.74, 6) is -2.16. The van der Waals surface area contributed by atoms with Crippen molar-refractivity contribution in [3.8, 4) is 0 Å². The number of esters is 1. The molecule has 0 fully saturated rings. The summed E-state index contributed by atoms with van der Waals surface area (Å²) in [6.07, 6.45) is -0.673. The fourth-order valence-corrected chi connectivity index (χ4v) is 4.18. The zero-order chi connectivity index (χ0) is 31.5. The van der Waals surface area contributed by atoms with E-state index in [-0.39, 0.29) is 32.4 Å². The molecule has 230 valence electrons. The third kappa shape index (κ3) is 11.4. The van der Waals surface area contributed by atoms with E-state index in [4.69, 9.17) is 15.2 Å². The molecule has 11 nitrogen and oxygen atoms in total. The molecule has 0 bridgehead atoms. The van der Waals surface area contributed by atoms with Crippen molar-refractivity contribution < 1.29 is 33.4 Å². The van der Waals surface area contributed by atoms with Gasteiger partial charge in [-0.05, 0) is 79.4 Å². The molecular weight excluding hydrogens is 528 g/mol. The number of ether oxygens (including phenoxy) is 2. The van der Waals surface area contributed by atoms with Crippen LogP contribution in [-0.4, -0.2) is 65.0 Å². The third-order valence-corrected chi connectivity index (χ3v) is 6.59. The van der Waals surface area contributed by atoms with Crippen LogP contribution in [0.25, 0.3) is 0 Å². The van der Waals surface area contributed by atoms with Crippen molar-refractivity contribution in [2.75, 3.05) is 13.2 Å². The molecule has 11 heteroatoms. The lowest BCUT2D eigenvalue weighted by molar-refractivity contribution is -0.150. The monoisotopic (exact) mass is 576 g/mol. The molecule has 41 heavy (non-hydrogen) atoms. The molecule has 2 atom stereocenters.